The number of nitrogens with zero attached hydrogens (tertiary/aromatic N) is 1. The van der Waals surface area contributed by atoms with Gasteiger partial charge in [-0.3, -0.25) is 0 Å². The highest BCUT2D eigenvalue weighted by Gasteiger charge is 2.27. The van der Waals surface area contributed by atoms with E-state index in [9.17, 15) is 18.3 Å². The first-order chi connectivity index (χ1) is 8.83. The largest absolute Gasteiger partial charge is 0.508 e. The molecule has 1 aromatic rings. The van der Waals surface area contributed by atoms with Crippen LogP contribution < -0.4 is 4.74 Å². The number of halogens is 4. The Morgan fingerprint density at radius 1 is 1.53 bits per heavy atom. The number of aliphatic hydroxyl groups is 1. The number of pyridine rings is 1. The quantitative estimate of drug-likeness (QED) is 0.820. The third-order valence-electron chi connectivity index (χ3n) is 2.12. The minimum absolute atomic E-state index is 0.0127. The number of aromatic nitrogens is 1. The van der Waals surface area contributed by atoms with Crippen LogP contribution in [0, 0.1) is 0 Å². The first-order valence-electron chi connectivity index (χ1n) is 5.58. The van der Waals surface area contributed by atoms with Gasteiger partial charge in [0.25, 0.3) is 0 Å². The molecule has 0 aromatic carbocycles. The standard InChI is InChI=1S/C12H13ClF3NO2/c1-2-3-10(18)8-6-9(13)11(17-7-8)19-5-4-12(14,15)16/h3,6-7,18H,2,4-5H2,1H3/b10-3+. The third-order valence-corrected chi connectivity index (χ3v) is 2.40. The molecule has 1 heterocycles. The maximum Gasteiger partial charge on any atom is 0.392 e. The average molecular weight is 296 g/mol. The van der Waals surface area contributed by atoms with E-state index in [0.29, 0.717) is 12.0 Å². The van der Waals surface area contributed by atoms with Gasteiger partial charge in [-0.15, -0.1) is 0 Å². The van der Waals surface area contributed by atoms with Gasteiger partial charge in [0.05, 0.1) is 13.0 Å². The van der Waals surface area contributed by atoms with Crippen molar-refractivity contribution in [1.29, 1.82) is 0 Å². The molecule has 0 amide bonds. The highest BCUT2D eigenvalue weighted by Crippen LogP contribution is 2.26. The summed E-state index contributed by atoms with van der Waals surface area (Å²) in [4.78, 5) is 3.78. The van der Waals surface area contributed by atoms with Gasteiger partial charge >= 0.3 is 6.18 Å². The summed E-state index contributed by atoms with van der Waals surface area (Å²) in [5.41, 5.74) is 0.384. The van der Waals surface area contributed by atoms with Crippen LogP contribution in [0.5, 0.6) is 5.88 Å². The highest BCUT2D eigenvalue weighted by molar-refractivity contribution is 6.32. The molecule has 7 heteroatoms. The van der Waals surface area contributed by atoms with Crippen LogP contribution in [0.4, 0.5) is 13.2 Å². The Hall–Kier alpha value is -1.43. The van der Waals surface area contributed by atoms with Crippen LogP contribution >= 0.6 is 11.6 Å². The van der Waals surface area contributed by atoms with E-state index < -0.39 is 19.2 Å². The molecule has 0 aliphatic rings. The van der Waals surface area contributed by atoms with Gasteiger partial charge in [0.2, 0.25) is 5.88 Å². The zero-order valence-corrected chi connectivity index (χ0v) is 10.9. The fourth-order valence-corrected chi connectivity index (χ4v) is 1.47. The van der Waals surface area contributed by atoms with Gasteiger partial charge in [0, 0.05) is 11.8 Å². The second-order valence-corrected chi connectivity index (χ2v) is 4.13. The molecule has 0 atom stereocenters. The molecule has 1 rings (SSSR count). The summed E-state index contributed by atoms with van der Waals surface area (Å²) in [6.07, 6.45) is -1.87. The molecule has 3 nitrogen and oxygen atoms in total. The van der Waals surface area contributed by atoms with E-state index in [4.69, 9.17) is 16.3 Å². The van der Waals surface area contributed by atoms with Gasteiger partial charge in [-0.2, -0.15) is 13.2 Å². The van der Waals surface area contributed by atoms with Gasteiger partial charge in [-0.25, -0.2) is 4.98 Å². The molecule has 0 aliphatic heterocycles. The Morgan fingerprint density at radius 3 is 2.74 bits per heavy atom. The molecule has 0 saturated carbocycles. The number of allylic oxidation sites excluding steroid dienone is 1. The van der Waals surface area contributed by atoms with Gasteiger partial charge in [0.1, 0.15) is 10.8 Å². The van der Waals surface area contributed by atoms with E-state index in [1.807, 2.05) is 6.92 Å². The predicted octanol–water partition coefficient (Wildman–Crippen LogP) is 4.38. The zero-order valence-electron chi connectivity index (χ0n) is 10.2. The van der Waals surface area contributed by atoms with Crippen LogP contribution in [0.25, 0.3) is 5.76 Å². The van der Waals surface area contributed by atoms with Gasteiger partial charge in [-0.1, -0.05) is 18.5 Å². The van der Waals surface area contributed by atoms with Crippen molar-refractivity contribution in [3.8, 4) is 5.88 Å². The van der Waals surface area contributed by atoms with Crippen molar-refractivity contribution in [2.24, 2.45) is 0 Å². The third kappa shape index (κ3) is 5.38. The molecule has 1 N–H and O–H groups in total. The number of hydrogen-bond acceptors (Lipinski definition) is 3. The van der Waals surface area contributed by atoms with Crippen LogP contribution in [-0.4, -0.2) is 22.9 Å². The molecule has 19 heavy (non-hydrogen) atoms. The number of aliphatic hydroxyl groups excluding tert-OH is 1. The second kappa shape index (κ2) is 6.65. The molecule has 0 bridgehead atoms. The SMILES string of the molecule is CC/C=C(/O)c1cnc(OCCC(F)(F)F)c(Cl)c1. The summed E-state index contributed by atoms with van der Waals surface area (Å²) in [5.74, 6) is -0.0716. The number of rotatable bonds is 5. The van der Waals surface area contributed by atoms with E-state index in [1.54, 1.807) is 6.08 Å². The number of hydrogen-bond donors (Lipinski definition) is 1. The monoisotopic (exact) mass is 295 g/mol. The summed E-state index contributed by atoms with van der Waals surface area (Å²) in [7, 11) is 0. The lowest BCUT2D eigenvalue weighted by Crippen LogP contribution is -2.13. The lowest BCUT2D eigenvalue weighted by atomic mass is 10.2. The van der Waals surface area contributed by atoms with Crippen LogP contribution in [0.1, 0.15) is 25.3 Å². The summed E-state index contributed by atoms with van der Waals surface area (Å²) in [6, 6.07) is 1.39. The summed E-state index contributed by atoms with van der Waals surface area (Å²) >= 11 is 5.82. The van der Waals surface area contributed by atoms with Gasteiger partial charge < -0.3 is 9.84 Å². The van der Waals surface area contributed by atoms with Crippen LogP contribution in [0.2, 0.25) is 5.02 Å². The fraction of sp³-hybridized carbons (Fsp3) is 0.417. The first kappa shape index (κ1) is 15.6. The molecule has 0 unspecified atom stereocenters. The summed E-state index contributed by atoms with van der Waals surface area (Å²) in [5, 5.41) is 9.64. The van der Waals surface area contributed by atoms with Crippen molar-refractivity contribution in [2.75, 3.05) is 6.61 Å². The smallest absolute Gasteiger partial charge is 0.392 e. The Kier molecular flexibility index (Phi) is 5.47. The topological polar surface area (TPSA) is 42.4 Å². The van der Waals surface area contributed by atoms with Crippen LogP contribution in [0.3, 0.4) is 0 Å². The van der Waals surface area contributed by atoms with E-state index in [1.165, 1.54) is 12.3 Å². The van der Waals surface area contributed by atoms with E-state index in [0.717, 1.165) is 0 Å². The highest BCUT2D eigenvalue weighted by atomic mass is 35.5. The van der Waals surface area contributed by atoms with Crippen molar-refractivity contribution in [1.82, 2.24) is 4.98 Å². The van der Waals surface area contributed by atoms with Gasteiger partial charge in [0.15, 0.2) is 0 Å². The normalized spacial score (nSPS) is 12.6. The van der Waals surface area contributed by atoms with E-state index >= 15 is 0 Å². The number of alkyl halides is 3. The molecular formula is C12H13ClF3NO2. The fourth-order valence-electron chi connectivity index (χ4n) is 1.25. The molecule has 0 radical (unpaired) electrons. The Morgan fingerprint density at radius 2 is 2.21 bits per heavy atom. The van der Waals surface area contributed by atoms with E-state index in [-0.39, 0.29) is 16.7 Å². The Labute approximate surface area is 113 Å². The lowest BCUT2D eigenvalue weighted by Gasteiger charge is -2.09. The number of ether oxygens (including phenoxy) is 1. The zero-order chi connectivity index (χ0) is 14.5. The van der Waals surface area contributed by atoms with Crippen LogP contribution in [-0.2, 0) is 0 Å². The Balaban J connectivity index is 2.70. The molecule has 106 valence electrons. The first-order valence-corrected chi connectivity index (χ1v) is 5.96. The lowest BCUT2D eigenvalue weighted by molar-refractivity contribution is -0.139. The summed E-state index contributed by atoms with van der Waals surface area (Å²) in [6.45, 7) is 1.30. The van der Waals surface area contributed by atoms with Crippen molar-refractivity contribution >= 4 is 17.4 Å². The minimum Gasteiger partial charge on any atom is -0.508 e. The molecule has 0 aliphatic carbocycles. The predicted molar refractivity (Wildman–Crippen MR) is 66.3 cm³/mol. The van der Waals surface area contributed by atoms with E-state index in [2.05, 4.69) is 4.98 Å². The Bertz CT molecular complexity index is 461. The van der Waals surface area contributed by atoms with Crippen molar-refractivity contribution in [3.63, 3.8) is 0 Å². The summed E-state index contributed by atoms with van der Waals surface area (Å²) < 4.78 is 40.7. The second-order valence-electron chi connectivity index (χ2n) is 3.72. The molecule has 0 saturated heterocycles. The maximum absolute atomic E-state index is 11.9. The van der Waals surface area contributed by atoms with Crippen molar-refractivity contribution in [2.45, 2.75) is 25.9 Å². The average Bonchev–Trinajstić information content (AvgIpc) is 2.30. The molecule has 1 aromatic heterocycles. The van der Waals surface area contributed by atoms with Crippen molar-refractivity contribution in [3.05, 3.63) is 28.9 Å². The van der Waals surface area contributed by atoms with Gasteiger partial charge in [-0.05, 0) is 18.6 Å². The molecular weight excluding hydrogens is 283 g/mol. The van der Waals surface area contributed by atoms with Crippen LogP contribution in [0.15, 0.2) is 18.3 Å². The minimum atomic E-state index is -4.28. The molecule has 0 fully saturated rings. The maximum atomic E-state index is 11.9. The van der Waals surface area contributed by atoms with Crippen molar-refractivity contribution < 1.29 is 23.0 Å². The molecule has 0 spiro atoms.